The van der Waals surface area contributed by atoms with Gasteiger partial charge in [0.25, 0.3) is 5.69 Å². The quantitative estimate of drug-likeness (QED) is 0.0386. The topological polar surface area (TPSA) is 133 Å². The van der Waals surface area contributed by atoms with Gasteiger partial charge in [0.2, 0.25) is 5.79 Å². The van der Waals surface area contributed by atoms with E-state index in [2.05, 4.69) is 49.1 Å². The normalized spacial score (nSPS) is 24.7. The van der Waals surface area contributed by atoms with Gasteiger partial charge in [0.15, 0.2) is 0 Å². The lowest BCUT2D eigenvalue weighted by atomic mass is 9.56. The highest BCUT2D eigenvalue weighted by Crippen LogP contribution is 2.63. The fraction of sp³-hybridized carbons (Fsp3) is 0.431. The number of non-ortho nitro benzene ring substituents is 1. The minimum atomic E-state index is -1.04. The van der Waals surface area contributed by atoms with Crippen LogP contribution in [0.25, 0.3) is 11.1 Å². The summed E-state index contributed by atoms with van der Waals surface area (Å²) in [5.74, 6) is 1.21. The Labute approximate surface area is 369 Å². The van der Waals surface area contributed by atoms with Gasteiger partial charge in [-0.05, 0) is 115 Å². The molecule has 6 atom stereocenters. The molecule has 10 nitrogen and oxygen atoms in total. The third kappa shape index (κ3) is 9.66. The van der Waals surface area contributed by atoms with Crippen LogP contribution in [-0.4, -0.2) is 57.0 Å². The third-order valence-electron chi connectivity index (χ3n) is 13.0. The van der Waals surface area contributed by atoms with Crippen LogP contribution in [0, 0.1) is 27.9 Å². The zero-order chi connectivity index (χ0) is 42.9. The fourth-order valence-corrected chi connectivity index (χ4v) is 11.9. The average Bonchev–Trinajstić information content (AvgIpc) is 3.82. The molecule has 4 aliphatic rings. The number of thioether (sulfide) groups is 1. The third-order valence-corrected chi connectivity index (χ3v) is 14.7. The zero-order valence-electron chi connectivity index (χ0n) is 35.3. The molecule has 62 heavy (non-hydrogen) atoms. The highest BCUT2D eigenvalue weighted by Gasteiger charge is 2.64. The maximum Gasteiger partial charge on any atom is 0.269 e. The van der Waals surface area contributed by atoms with E-state index in [9.17, 15) is 20.3 Å². The molecule has 1 aliphatic heterocycles. The number of hydrogen-bond acceptors (Lipinski definition) is 10. The van der Waals surface area contributed by atoms with Crippen LogP contribution in [0.1, 0.15) is 87.7 Å². The first kappa shape index (κ1) is 43.7. The maximum absolute atomic E-state index is 11.3. The van der Waals surface area contributed by atoms with Gasteiger partial charge in [-0.3, -0.25) is 10.1 Å². The predicted molar refractivity (Wildman–Crippen MR) is 245 cm³/mol. The molecule has 0 bridgehead atoms. The first-order valence-corrected chi connectivity index (χ1v) is 23.3. The van der Waals surface area contributed by atoms with Gasteiger partial charge in [-0.2, -0.15) is 0 Å². The molecule has 2 N–H and O–H groups in total. The van der Waals surface area contributed by atoms with Gasteiger partial charge in [0.05, 0.1) is 28.4 Å². The molecule has 4 aromatic rings. The number of benzene rings is 4. The van der Waals surface area contributed by atoms with Gasteiger partial charge in [0.1, 0.15) is 23.9 Å². The lowest BCUT2D eigenvalue weighted by Crippen LogP contribution is -2.64. The minimum Gasteiger partial charge on any atom is -0.460 e. The van der Waals surface area contributed by atoms with E-state index in [4.69, 9.17) is 24.2 Å². The molecule has 2 fully saturated rings. The van der Waals surface area contributed by atoms with Crippen LogP contribution >= 0.6 is 11.8 Å². The molecule has 4 aromatic carbocycles. The summed E-state index contributed by atoms with van der Waals surface area (Å²) in [6.45, 7) is 4.82. The molecule has 0 aromatic heterocycles. The van der Waals surface area contributed by atoms with Crippen molar-refractivity contribution in [2.24, 2.45) is 22.9 Å². The van der Waals surface area contributed by atoms with Crippen molar-refractivity contribution in [3.05, 3.63) is 143 Å². The number of nitrogens with zero attached hydrogens (tertiary/aromatic N) is 2. The van der Waals surface area contributed by atoms with Crippen LogP contribution in [0.4, 0.5) is 5.69 Å². The second kappa shape index (κ2) is 20.5. The first-order valence-electron chi connectivity index (χ1n) is 22.3. The number of nitro benzene ring substituents is 1. The summed E-state index contributed by atoms with van der Waals surface area (Å²) in [5.41, 5.74) is 6.07. The van der Waals surface area contributed by atoms with Crippen LogP contribution in [-0.2, 0) is 16.2 Å². The summed E-state index contributed by atoms with van der Waals surface area (Å²) < 4.78 is 21.1. The maximum atomic E-state index is 11.3. The SMILES string of the molecule is C=CCO[C@@]12Oc3ccc(Oc4ccc(-c5ccccc5)cc4)cc3[C@H]3[C@H](CCCCO)[C@@H](CCCCO)C=C(C(=NOCc4ccc([N+](=O)[O-])cc4)C[C@@H]1SC1CCCC1)[C@H]32. The highest BCUT2D eigenvalue weighted by molar-refractivity contribution is 8.00. The van der Waals surface area contributed by atoms with Crippen LogP contribution in [0.5, 0.6) is 17.2 Å². The Morgan fingerprint density at radius 1 is 0.887 bits per heavy atom. The van der Waals surface area contributed by atoms with Gasteiger partial charge < -0.3 is 29.3 Å². The van der Waals surface area contributed by atoms with Crippen LogP contribution in [0.15, 0.2) is 127 Å². The summed E-state index contributed by atoms with van der Waals surface area (Å²) in [6, 6.07) is 31.1. The molecule has 0 unspecified atom stereocenters. The first-order chi connectivity index (χ1) is 30.4. The average molecular weight is 859 g/mol. The van der Waals surface area contributed by atoms with Crippen molar-refractivity contribution in [2.45, 2.75) is 99.4 Å². The lowest BCUT2D eigenvalue weighted by Gasteiger charge is -2.58. The Morgan fingerprint density at radius 3 is 2.31 bits per heavy atom. The molecule has 8 rings (SSSR count). The largest absolute Gasteiger partial charge is 0.460 e. The Bertz CT molecular complexity index is 2190. The number of ether oxygens (including phenoxy) is 3. The second-order valence-corrected chi connectivity index (χ2v) is 18.5. The number of fused-ring (bicyclic) bond motifs is 2. The van der Waals surface area contributed by atoms with Gasteiger partial charge in [-0.1, -0.05) is 85.5 Å². The number of aliphatic hydroxyl groups excluding tert-OH is 2. The number of allylic oxidation sites excluding steroid dienone is 1. The standard InChI is InChI=1S/C51H58N2O8S/c1-2-30-58-51-48(62-42-15-6-7-16-42)33-46(52-59-34-35-18-22-39(23-19-35)53(56)57)44-31-38(14-8-10-28-54)43(17-9-11-29-55)49(50(44)51)45-32-41(26-27-47(45)61-51)60-40-24-20-37(21-25-40)36-12-4-3-5-13-36/h2-5,12-13,18-27,31-32,38,42-43,48-50,54-55H,1,6-11,14-17,28-30,33-34H2/t38-,43+,48-,49+,50+,51+/m0/s1. The van der Waals surface area contributed by atoms with Gasteiger partial charge in [-0.15, -0.1) is 18.3 Å². The Morgan fingerprint density at radius 2 is 1.60 bits per heavy atom. The monoisotopic (exact) mass is 858 g/mol. The summed E-state index contributed by atoms with van der Waals surface area (Å²) in [5, 5.41) is 36.5. The Hall–Kier alpha value is -4.94. The lowest BCUT2D eigenvalue weighted by molar-refractivity contribution is -0.384. The van der Waals surface area contributed by atoms with E-state index in [1.807, 2.05) is 48.2 Å². The van der Waals surface area contributed by atoms with E-state index >= 15 is 0 Å². The van der Waals surface area contributed by atoms with E-state index in [-0.39, 0.29) is 54.4 Å². The molecule has 1 heterocycles. The smallest absolute Gasteiger partial charge is 0.269 e. The Kier molecular flexibility index (Phi) is 14.4. The van der Waals surface area contributed by atoms with Crippen LogP contribution in [0.3, 0.4) is 0 Å². The molecule has 0 radical (unpaired) electrons. The molecular weight excluding hydrogens is 801 g/mol. The number of rotatable bonds is 20. The summed E-state index contributed by atoms with van der Waals surface area (Å²) in [7, 11) is 0. The van der Waals surface area contributed by atoms with Crippen molar-refractivity contribution in [3.8, 4) is 28.4 Å². The Balaban J connectivity index is 1.22. The summed E-state index contributed by atoms with van der Waals surface area (Å²) in [4.78, 5) is 17.1. The molecule has 0 saturated heterocycles. The van der Waals surface area contributed by atoms with Crippen LogP contribution < -0.4 is 9.47 Å². The number of unbranched alkanes of at least 4 members (excludes halogenated alkanes) is 2. The van der Waals surface area contributed by atoms with Crippen LogP contribution in [0.2, 0.25) is 0 Å². The van der Waals surface area contributed by atoms with Crippen molar-refractivity contribution in [1.82, 2.24) is 0 Å². The summed E-state index contributed by atoms with van der Waals surface area (Å²) >= 11 is 1.96. The second-order valence-electron chi connectivity index (χ2n) is 17.0. The molecule has 326 valence electrons. The molecule has 0 amide bonds. The highest BCUT2D eigenvalue weighted by atomic mass is 32.2. The molecule has 11 heteroatoms. The van der Waals surface area contributed by atoms with Gasteiger partial charge in [-0.25, -0.2) is 0 Å². The molecule has 0 spiro atoms. The van der Waals surface area contributed by atoms with E-state index in [0.717, 1.165) is 89.3 Å². The van der Waals surface area contributed by atoms with Crippen molar-refractivity contribution >= 4 is 23.2 Å². The molecule has 2 saturated carbocycles. The van der Waals surface area contributed by atoms with E-state index in [1.54, 1.807) is 18.2 Å². The van der Waals surface area contributed by atoms with Crippen molar-refractivity contribution in [1.29, 1.82) is 0 Å². The van der Waals surface area contributed by atoms with Crippen molar-refractivity contribution in [2.75, 3.05) is 19.8 Å². The number of hydrogen-bond donors (Lipinski definition) is 2. The number of aliphatic hydroxyl groups is 2. The molecular formula is C51H58N2O8S. The van der Waals surface area contributed by atoms with Crippen molar-refractivity contribution < 1.29 is 34.2 Å². The van der Waals surface area contributed by atoms with E-state index in [1.165, 1.54) is 25.0 Å². The number of oxime groups is 1. The van der Waals surface area contributed by atoms with Gasteiger partial charge in [0, 0.05) is 48.5 Å². The fourth-order valence-electron chi connectivity index (χ4n) is 10.1. The van der Waals surface area contributed by atoms with E-state index < -0.39 is 10.7 Å². The van der Waals surface area contributed by atoms with E-state index in [0.29, 0.717) is 31.1 Å². The zero-order valence-corrected chi connectivity index (χ0v) is 36.1. The molecule has 3 aliphatic carbocycles. The summed E-state index contributed by atoms with van der Waals surface area (Å²) in [6.07, 6.45) is 14.4. The minimum absolute atomic E-state index is 0.0290. The predicted octanol–water partition coefficient (Wildman–Crippen LogP) is 11.6. The van der Waals surface area contributed by atoms with Gasteiger partial charge >= 0.3 is 0 Å². The number of nitro groups is 1. The van der Waals surface area contributed by atoms with Crippen molar-refractivity contribution in [3.63, 3.8) is 0 Å².